The Morgan fingerprint density at radius 1 is 0.574 bits per heavy atom. The van der Waals surface area contributed by atoms with Crippen molar-refractivity contribution in [3.05, 3.63) is 72.3 Å². The summed E-state index contributed by atoms with van der Waals surface area (Å²) >= 11 is 0. The maximum atomic E-state index is 4.55. The number of benzene rings is 1. The third-order valence-electron chi connectivity index (χ3n) is 12.8. The predicted octanol–water partition coefficient (Wildman–Crippen LogP) is 18.1. The molecule has 0 fully saturated rings. The number of nitrogens with one attached hydrogen (secondary N) is 1. The Morgan fingerprint density at radius 2 is 1.00 bits per heavy atom. The highest BCUT2D eigenvalue weighted by atomic mass is 15.0. The van der Waals surface area contributed by atoms with Crippen LogP contribution < -0.4 is 5.32 Å². The van der Waals surface area contributed by atoms with Gasteiger partial charge in [0.2, 0.25) is 0 Å². The summed E-state index contributed by atoms with van der Waals surface area (Å²) in [4.78, 5) is 0. The number of unbranched alkanes of at least 4 members (excludes halogenated alkanes) is 27. The predicted molar refractivity (Wildman–Crippen MR) is 246 cm³/mol. The van der Waals surface area contributed by atoms with Crippen LogP contribution in [0.2, 0.25) is 0 Å². The molecule has 54 heavy (non-hydrogen) atoms. The maximum absolute atomic E-state index is 4.55. The number of anilines is 1. The molecule has 0 aromatic heterocycles. The van der Waals surface area contributed by atoms with Crippen LogP contribution in [0.4, 0.5) is 5.69 Å². The molecule has 1 unspecified atom stereocenters. The number of fused-ring (bicyclic) bond motifs is 1. The standard InChI is InChI=1S/C53H92N/c1-8-10-12-14-16-18-20-22-23-24-25-27-29-31-33-37-42-48-43-40-44-49-51(48)53(6,7)50(54-49)45-38-35-36-41-47(3)52(4,5)46-39-34-32-30-28-26-21-19-17-15-13-11-9-2/h35-36,38,40-41,43-45,47,54H,3,8-34,37,39,42,46H2,1-2,4-7H3. The van der Waals surface area contributed by atoms with Crippen molar-refractivity contribution in [1.29, 1.82) is 0 Å². The smallest absolute Gasteiger partial charge is 0.0426 e. The second-order valence-corrected chi connectivity index (χ2v) is 18.6. The number of aryl methyl sites for hydroxylation is 1. The van der Waals surface area contributed by atoms with E-state index in [1.807, 2.05) is 0 Å². The van der Waals surface area contributed by atoms with Crippen LogP contribution in [0.3, 0.4) is 0 Å². The summed E-state index contributed by atoms with van der Waals surface area (Å²) in [6.45, 7) is 18.7. The third kappa shape index (κ3) is 21.0. The molecule has 0 bridgehead atoms. The fourth-order valence-corrected chi connectivity index (χ4v) is 8.66. The molecule has 1 atom stereocenters. The van der Waals surface area contributed by atoms with Crippen LogP contribution in [0.15, 0.2) is 54.3 Å². The van der Waals surface area contributed by atoms with Gasteiger partial charge in [-0.2, -0.15) is 0 Å². The molecule has 0 spiro atoms. The van der Waals surface area contributed by atoms with Gasteiger partial charge in [0.1, 0.15) is 0 Å². The van der Waals surface area contributed by atoms with Crippen LogP contribution in [0, 0.1) is 18.3 Å². The van der Waals surface area contributed by atoms with Gasteiger partial charge in [0, 0.05) is 16.8 Å². The summed E-state index contributed by atoms with van der Waals surface area (Å²) in [5, 5.41) is 3.78. The lowest BCUT2D eigenvalue weighted by molar-refractivity contribution is 0.264. The molecule has 0 aliphatic carbocycles. The second-order valence-electron chi connectivity index (χ2n) is 18.6. The molecule has 0 saturated carbocycles. The summed E-state index contributed by atoms with van der Waals surface area (Å²) in [7, 11) is 0. The van der Waals surface area contributed by atoms with Crippen molar-refractivity contribution in [2.45, 2.75) is 246 Å². The first-order valence-electron chi connectivity index (χ1n) is 24.0. The van der Waals surface area contributed by atoms with E-state index in [1.165, 1.54) is 222 Å². The molecule has 2 rings (SSSR count). The van der Waals surface area contributed by atoms with Gasteiger partial charge >= 0.3 is 0 Å². The highest BCUT2D eigenvalue weighted by Gasteiger charge is 2.36. The van der Waals surface area contributed by atoms with Gasteiger partial charge in [-0.3, -0.25) is 0 Å². The van der Waals surface area contributed by atoms with E-state index in [-0.39, 0.29) is 10.8 Å². The van der Waals surface area contributed by atoms with Gasteiger partial charge in [-0.05, 0) is 60.8 Å². The van der Waals surface area contributed by atoms with Gasteiger partial charge in [-0.1, -0.05) is 258 Å². The molecule has 309 valence electrons. The van der Waals surface area contributed by atoms with Crippen molar-refractivity contribution in [3.63, 3.8) is 0 Å². The van der Waals surface area contributed by atoms with E-state index in [0.717, 1.165) is 0 Å². The molecule has 1 radical (unpaired) electrons. The summed E-state index contributed by atoms with van der Waals surface area (Å²) in [6, 6.07) is 6.90. The first-order valence-corrected chi connectivity index (χ1v) is 24.0. The lowest BCUT2D eigenvalue weighted by atomic mass is 9.76. The van der Waals surface area contributed by atoms with Crippen LogP contribution >= 0.6 is 0 Å². The molecule has 1 N–H and O–H groups in total. The number of hydrogen-bond acceptors (Lipinski definition) is 1. The van der Waals surface area contributed by atoms with E-state index < -0.39 is 0 Å². The van der Waals surface area contributed by atoms with E-state index in [4.69, 9.17) is 0 Å². The Morgan fingerprint density at radius 3 is 1.46 bits per heavy atom. The molecule has 1 aliphatic rings. The van der Waals surface area contributed by atoms with Crippen molar-refractivity contribution in [3.8, 4) is 0 Å². The number of hydrogen-bond donors (Lipinski definition) is 1. The van der Waals surface area contributed by atoms with Crippen molar-refractivity contribution in [2.24, 2.45) is 11.3 Å². The minimum atomic E-state index is -0.000240. The van der Waals surface area contributed by atoms with Crippen LogP contribution in [0.5, 0.6) is 0 Å². The van der Waals surface area contributed by atoms with Crippen LogP contribution in [-0.2, 0) is 11.8 Å². The van der Waals surface area contributed by atoms with Crippen LogP contribution in [0.1, 0.15) is 245 Å². The Kier molecular flexibility index (Phi) is 27.2. The monoisotopic (exact) mass is 743 g/mol. The van der Waals surface area contributed by atoms with Crippen molar-refractivity contribution < 1.29 is 0 Å². The zero-order valence-corrected chi connectivity index (χ0v) is 37.3. The van der Waals surface area contributed by atoms with Gasteiger partial charge in [0.15, 0.2) is 0 Å². The lowest BCUT2D eigenvalue weighted by Gasteiger charge is -2.29. The van der Waals surface area contributed by atoms with Crippen molar-refractivity contribution >= 4 is 5.69 Å². The second kappa shape index (κ2) is 30.4. The average Bonchev–Trinajstić information content (AvgIpc) is 3.42. The average molecular weight is 743 g/mol. The van der Waals surface area contributed by atoms with Crippen molar-refractivity contribution in [2.75, 3.05) is 5.32 Å². The largest absolute Gasteiger partial charge is 0.358 e. The van der Waals surface area contributed by atoms with Gasteiger partial charge in [0.25, 0.3) is 0 Å². The minimum Gasteiger partial charge on any atom is -0.358 e. The highest BCUT2D eigenvalue weighted by Crippen LogP contribution is 2.45. The summed E-state index contributed by atoms with van der Waals surface area (Å²) in [5.41, 5.74) is 5.88. The van der Waals surface area contributed by atoms with E-state index in [9.17, 15) is 0 Å². The van der Waals surface area contributed by atoms with E-state index >= 15 is 0 Å². The zero-order valence-electron chi connectivity index (χ0n) is 37.3. The van der Waals surface area contributed by atoms with Gasteiger partial charge < -0.3 is 5.32 Å². The number of rotatable bonds is 35. The molecule has 1 aliphatic heterocycles. The molecule has 1 aromatic carbocycles. The van der Waals surface area contributed by atoms with Crippen LogP contribution in [-0.4, -0.2) is 0 Å². The molecular formula is C53H92N. The Balaban J connectivity index is 1.61. The summed E-state index contributed by atoms with van der Waals surface area (Å²) in [5.74, 6) is 0.324. The molecule has 1 heteroatoms. The lowest BCUT2D eigenvalue weighted by Crippen LogP contribution is -2.20. The fourth-order valence-electron chi connectivity index (χ4n) is 8.66. The Labute approximate surface area is 339 Å². The minimum absolute atomic E-state index is 0.000240. The molecule has 1 heterocycles. The summed E-state index contributed by atoms with van der Waals surface area (Å²) < 4.78 is 0. The first-order chi connectivity index (χ1) is 26.2. The van der Waals surface area contributed by atoms with E-state index in [1.54, 1.807) is 0 Å². The Hall–Kier alpha value is -1.76. The van der Waals surface area contributed by atoms with Gasteiger partial charge in [0.05, 0.1) is 0 Å². The molecular weight excluding hydrogens is 651 g/mol. The molecule has 1 aromatic rings. The quantitative estimate of drug-likeness (QED) is 0.0539. The maximum Gasteiger partial charge on any atom is 0.0426 e. The third-order valence-corrected chi connectivity index (χ3v) is 12.8. The molecule has 1 nitrogen and oxygen atoms in total. The first kappa shape index (κ1) is 48.4. The fraction of sp³-hybridized carbons (Fsp3) is 0.755. The van der Waals surface area contributed by atoms with Crippen molar-refractivity contribution in [1.82, 2.24) is 0 Å². The molecule has 0 amide bonds. The summed E-state index contributed by atoms with van der Waals surface area (Å²) in [6.07, 6.45) is 54.9. The number of allylic oxidation sites excluding steroid dienone is 6. The zero-order chi connectivity index (χ0) is 39.2. The van der Waals surface area contributed by atoms with Gasteiger partial charge in [-0.15, -0.1) is 0 Å². The highest BCUT2D eigenvalue weighted by molar-refractivity contribution is 5.70. The normalized spacial score (nSPS) is 15.5. The topological polar surface area (TPSA) is 12.0 Å². The van der Waals surface area contributed by atoms with Gasteiger partial charge in [-0.25, -0.2) is 0 Å². The van der Waals surface area contributed by atoms with E-state index in [0.29, 0.717) is 5.92 Å². The SMILES string of the molecule is [CH2]C(C=CC=CC=C1Nc2cccc(CCCCCCCCCCCCCCCCCC)c2C1(C)C)C(C)(C)CCCCCCCCCCCCCCC. The van der Waals surface area contributed by atoms with E-state index in [2.05, 4.69) is 102 Å². The van der Waals surface area contributed by atoms with Crippen LogP contribution in [0.25, 0.3) is 0 Å². The molecule has 0 saturated heterocycles. The Bertz CT molecular complexity index is 1130.